The van der Waals surface area contributed by atoms with E-state index in [1.54, 1.807) is 24.5 Å². The van der Waals surface area contributed by atoms with Crippen LogP contribution in [-0.2, 0) is 0 Å². The third-order valence-corrected chi connectivity index (χ3v) is 2.97. The Morgan fingerprint density at radius 1 is 1.29 bits per heavy atom. The minimum atomic E-state index is 0.102. The summed E-state index contributed by atoms with van der Waals surface area (Å²) in [6.45, 7) is 8.04. The fourth-order valence-electron chi connectivity index (χ4n) is 1.99. The molecular weight excluding hydrogens is 214 g/mol. The topological polar surface area (TPSA) is 36.4 Å². The van der Waals surface area contributed by atoms with Crippen molar-refractivity contribution in [2.45, 2.75) is 0 Å². The first-order chi connectivity index (χ1) is 8.31. The average Bonchev–Trinajstić information content (AvgIpc) is 2.40. The molecule has 1 amide bonds. The fraction of sp³-hybridized carbons (Fsp3) is 0.385. The average molecular weight is 231 g/mol. The zero-order valence-corrected chi connectivity index (χ0v) is 9.88. The van der Waals surface area contributed by atoms with E-state index in [4.69, 9.17) is 0 Å². The number of carbonyl (C=O) groups is 1. The second-order valence-corrected chi connectivity index (χ2v) is 4.12. The SMILES string of the molecule is C=CCN1CCN(C(=O)c2ccncc2)CC1. The molecule has 17 heavy (non-hydrogen) atoms. The van der Waals surface area contributed by atoms with Crippen molar-refractivity contribution in [1.82, 2.24) is 14.8 Å². The summed E-state index contributed by atoms with van der Waals surface area (Å²) < 4.78 is 0. The van der Waals surface area contributed by atoms with E-state index in [2.05, 4.69) is 16.5 Å². The normalized spacial score (nSPS) is 16.8. The lowest BCUT2D eigenvalue weighted by atomic mass is 10.2. The van der Waals surface area contributed by atoms with Crippen molar-refractivity contribution in [2.75, 3.05) is 32.7 Å². The Morgan fingerprint density at radius 3 is 2.53 bits per heavy atom. The Bertz CT molecular complexity index is 383. The third kappa shape index (κ3) is 2.91. The molecule has 2 heterocycles. The summed E-state index contributed by atoms with van der Waals surface area (Å²) >= 11 is 0. The Hall–Kier alpha value is -1.68. The first kappa shape index (κ1) is 11.8. The molecular formula is C13H17N3O. The maximum Gasteiger partial charge on any atom is 0.254 e. The Balaban J connectivity index is 1.93. The van der Waals surface area contributed by atoms with Crippen LogP contribution in [0.2, 0.25) is 0 Å². The smallest absolute Gasteiger partial charge is 0.254 e. The van der Waals surface area contributed by atoms with Crippen molar-refractivity contribution in [3.05, 3.63) is 42.7 Å². The molecule has 0 unspecified atom stereocenters. The van der Waals surface area contributed by atoms with Crippen LogP contribution in [0.25, 0.3) is 0 Å². The molecule has 0 saturated carbocycles. The summed E-state index contributed by atoms with van der Waals surface area (Å²) in [6, 6.07) is 3.52. The molecule has 1 aromatic rings. The predicted molar refractivity (Wildman–Crippen MR) is 66.8 cm³/mol. The lowest BCUT2D eigenvalue weighted by Crippen LogP contribution is -2.48. The van der Waals surface area contributed by atoms with E-state index < -0.39 is 0 Å². The highest BCUT2D eigenvalue weighted by atomic mass is 16.2. The zero-order valence-electron chi connectivity index (χ0n) is 9.88. The molecule has 1 saturated heterocycles. The van der Waals surface area contributed by atoms with Gasteiger partial charge < -0.3 is 4.90 Å². The van der Waals surface area contributed by atoms with Crippen LogP contribution in [0.5, 0.6) is 0 Å². The van der Waals surface area contributed by atoms with E-state index in [9.17, 15) is 4.79 Å². The predicted octanol–water partition coefficient (Wildman–Crippen LogP) is 1.03. The van der Waals surface area contributed by atoms with Crippen LogP contribution in [0.4, 0.5) is 0 Å². The Morgan fingerprint density at radius 2 is 1.94 bits per heavy atom. The molecule has 2 rings (SSSR count). The van der Waals surface area contributed by atoms with Gasteiger partial charge in [0.15, 0.2) is 0 Å². The summed E-state index contributed by atoms with van der Waals surface area (Å²) in [6.07, 6.45) is 5.21. The van der Waals surface area contributed by atoms with Gasteiger partial charge in [-0.3, -0.25) is 14.7 Å². The first-order valence-electron chi connectivity index (χ1n) is 5.84. The molecule has 0 atom stereocenters. The number of rotatable bonds is 3. The van der Waals surface area contributed by atoms with Crippen molar-refractivity contribution in [3.8, 4) is 0 Å². The lowest BCUT2D eigenvalue weighted by molar-refractivity contribution is 0.0650. The second-order valence-electron chi connectivity index (χ2n) is 4.12. The van der Waals surface area contributed by atoms with Gasteiger partial charge in [0.25, 0.3) is 5.91 Å². The molecule has 4 nitrogen and oxygen atoms in total. The minimum Gasteiger partial charge on any atom is -0.336 e. The van der Waals surface area contributed by atoms with E-state index >= 15 is 0 Å². The molecule has 1 aromatic heterocycles. The number of carbonyl (C=O) groups excluding carboxylic acids is 1. The van der Waals surface area contributed by atoms with E-state index in [1.165, 1.54) is 0 Å². The third-order valence-electron chi connectivity index (χ3n) is 2.97. The van der Waals surface area contributed by atoms with Gasteiger partial charge in [-0.2, -0.15) is 0 Å². The largest absolute Gasteiger partial charge is 0.336 e. The molecule has 0 spiro atoms. The van der Waals surface area contributed by atoms with Crippen LogP contribution in [0, 0.1) is 0 Å². The number of aromatic nitrogens is 1. The van der Waals surface area contributed by atoms with Crippen LogP contribution in [0.15, 0.2) is 37.2 Å². The number of pyridine rings is 1. The maximum atomic E-state index is 12.1. The summed E-state index contributed by atoms with van der Waals surface area (Å²) in [5, 5.41) is 0. The molecule has 0 radical (unpaired) electrons. The van der Waals surface area contributed by atoms with Gasteiger partial charge in [0.2, 0.25) is 0 Å². The molecule has 0 bridgehead atoms. The number of hydrogen-bond donors (Lipinski definition) is 0. The van der Waals surface area contributed by atoms with Gasteiger partial charge in [-0.15, -0.1) is 6.58 Å². The van der Waals surface area contributed by atoms with Gasteiger partial charge >= 0.3 is 0 Å². The number of nitrogens with zero attached hydrogens (tertiary/aromatic N) is 3. The molecule has 4 heteroatoms. The maximum absolute atomic E-state index is 12.1. The summed E-state index contributed by atoms with van der Waals surface area (Å²) in [5.74, 6) is 0.102. The van der Waals surface area contributed by atoms with Gasteiger partial charge in [0, 0.05) is 50.7 Å². The van der Waals surface area contributed by atoms with Gasteiger partial charge in [-0.1, -0.05) is 6.08 Å². The summed E-state index contributed by atoms with van der Waals surface area (Å²) in [7, 11) is 0. The second kappa shape index (κ2) is 5.59. The molecule has 0 aliphatic carbocycles. The van der Waals surface area contributed by atoms with Crippen molar-refractivity contribution in [1.29, 1.82) is 0 Å². The van der Waals surface area contributed by atoms with Gasteiger partial charge in [-0.05, 0) is 12.1 Å². The molecule has 1 aliphatic rings. The van der Waals surface area contributed by atoms with Crippen molar-refractivity contribution >= 4 is 5.91 Å². The van der Waals surface area contributed by atoms with Gasteiger partial charge in [0.05, 0.1) is 0 Å². The monoisotopic (exact) mass is 231 g/mol. The first-order valence-corrected chi connectivity index (χ1v) is 5.84. The van der Waals surface area contributed by atoms with Crippen molar-refractivity contribution < 1.29 is 4.79 Å². The highest BCUT2D eigenvalue weighted by Crippen LogP contribution is 2.07. The minimum absolute atomic E-state index is 0.102. The summed E-state index contributed by atoms with van der Waals surface area (Å²) in [5.41, 5.74) is 0.720. The molecule has 0 N–H and O–H groups in total. The molecule has 1 fully saturated rings. The fourth-order valence-corrected chi connectivity index (χ4v) is 1.99. The van der Waals surface area contributed by atoms with Crippen molar-refractivity contribution in [2.24, 2.45) is 0 Å². The molecule has 90 valence electrons. The van der Waals surface area contributed by atoms with E-state index in [1.807, 2.05) is 11.0 Å². The van der Waals surface area contributed by atoms with Crippen LogP contribution in [-0.4, -0.2) is 53.4 Å². The Labute approximate surface area is 102 Å². The van der Waals surface area contributed by atoms with Crippen LogP contribution in [0.3, 0.4) is 0 Å². The standard InChI is InChI=1S/C13H17N3O/c1-2-7-15-8-10-16(11-9-15)13(17)12-3-5-14-6-4-12/h2-6H,1,7-11H2. The Kier molecular flexibility index (Phi) is 3.88. The lowest BCUT2D eigenvalue weighted by Gasteiger charge is -2.34. The zero-order chi connectivity index (χ0) is 12.1. The van der Waals surface area contributed by atoms with Crippen LogP contribution in [0.1, 0.15) is 10.4 Å². The number of amides is 1. The highest BCUT2D eigenvalue weighted by molar-refractivity contribution is 5.94. The van der Waals surface area contributed by atoms with E-state index in [-0.39, 0.29) is 5.91 Å². The quantitative estimate of drug-likeness (QED) is 0.729. The van der Waals surface area contributed by atoms with E-state index in [0.29, 0.717) is 0 Å². The number of piperazine rings is 1. The van der Waals surface area contributed by atoms with Crippen molar-refractivity contribution in [3.63, 3.8) is 0 Å². The summed E-state index contributed by atoms with van der Waals surface area (Å²) in [4.78, 5) is 20.2. The van der Waals surface area contributed by atoms with Crippen LogP contribution < -0.4 is 0 Å². The van der Waals surface area contributed by atoms with Gasteiger partial charge in [-0.25, -0.2) is 0 Å². The number of hydrogen-bond acceptors (Lipinski definition) is 3. The van der Waals surface area contributed by atoms with Gasteiger partial charge in [0.1, 0.15) is 0 Å². The van der Waals surface area contributed by atoms with E-state index in [0.717, 1.165) is 38.3 Å². The molecule has 1 aliphatic heterocycles. The molecule has 0 aromatic carbocycles. The highest BCUT2D eigenvalue weighted by Gasteiger charge is 2.21. The van der Waals surface area contributed by atoms with Crippen LogP contribution >= 0.6 is 0 Å².